The van der Waals surface area contributed by atoms with Crippen molar-refractivity contribution in [2.45, 2.75) is 82.3 Å². The van der Waals surface area contributed by atoms with Gasteiger partial charge in [-0.2, -0.15) is 9.97 Å². The van der Waals surface area contributed by atoms with Crippen molar-refractivity contribution in [1.29, 1.82) is 0 Å². The molecule has 4 aliphatic rings. The molecule has 9 nitrogen and oxygen atoms in total. The van der Waals surface area contributed by atoms with E-state index in [1.807, 2.05) is 30.6 Å². The highest BCUT2D eigenvalue weighted by Gasteiger charge is 2.50. The average Bonchev–Trinajstić information content (AvgIpc) is 3.67. The first-order valence-electron chi connectivity index (χ1n) is 16.9. The van der Waals surface area contributed by atoms with E-state index in [0.717, 1.165) is 32.2 Å². The van der Waals surface area contributed by atoms with E-state index in [1.165, 1.54) is 12.3 Å². The molecule has 2 unspecified atom stereocenters. The monoisotopic (exact) mass is 694 g/mol. The van der Waals surface area contributed by atoms with Crippen LogP contribution in [0.1, 0.15) is 52.9 Å². The van der Waals surface area contributed by atoms with Crippen LogP contribution in [-0.4, -0.2) is 93.0 Å². The molecule has 0 saturated carbocycles. The molecule has 13 heteroatoms. The van der Waals surface area contributed by atoms with Crippen LogP contribution in [0.4, 0.5) is 23.8 Å². The molecule has 1 amide bonds. The molecule has 2 bridgehead atoms. The molecule has 4 aliphatic heterocycles. The molecule has 4 saturated heterocycles. The summed E-state index contributed by atoms with van der Waals surface area (Å²) in [6.07, 6.45) is 3.95. The highest BCUT2D eigenvalue weighted by molar-refractivity contribution is 6.36. The van der Waals surface area contributed by atoms with Crippen molar-refractivity contribution >= 4 is 45.2 Å². The SMILES string of the molecule is CC(C)(C)OC(=O)N1[C@@H]2CC[C@H]1CN(c1nc(OCC34CCCN3CC(F)C4)nc3c(F)c(-c4cccc5ccc(F)c(Cl)c45)ncc13)C2. The van der Waals surface area contributed by atoms with Crippen molar-refractivity contribution in [3.05, 3.63) is 53.2 Å². The fourth-order valence-corrected chi connectivity index (χ4v) is 8.63. The lowest BCUT2D eigenvalue weighted by Crippen LogP contribution is -2.57. The summed E-state index contributed by atoms with van der Waals surface area (Å²) < 4.78 is 58.0. The Hall–Kier alpha value is -3.90. The number of fused-ring (bicyclic) bond motifs is 5. The summed E-state index contributed by atoms with van der Waals surface area (Å²) in [6.45, 7) is 7.78. The van der Waals surface area contributed by atoms with Crippen LogP contribution < -0.4 is 9.64 Å². The maximum absolute atomic E-state index is 16.8. The molecular weight excluding hydrogens is 657 g/mol. The van der Waals surface area contributed by atoms with Crippen molar-refractivity contribution < 1.29 is 27.4 Å². The van der Waals surface area contributed by atoms with Crippen molar-refractivity contribution in [2.75, 3.05) is 37.7 Å². The van der Waals surface area contributed by atoms with Gasteiger partial charge < -0.3 is 14.4 Å². The fourth-order valence-electron chi connectivity index (χ4n) is 8.36. The third-order valence-corrected chi connectivity index (χ3v) is 10.8. The maximum Gasteiger partial charge on any atom is 0.410 e. The van der Waals surface area contributed by atoms with Gasteiger partial charge in [-0.3, -0.25) is 14.8 Å². The van der Waals surface area contributed by atoms with Gasteiger partial charge in [-0.1, -0.05) is 35.9 Å². The van der Waals surface area contributed by atoms with Crippen molar-refractivity contribution in [3.8, 4) is 17.3 Å². The summed E-state index contributed by atoms with van der Waals surface area (Å²) in [4.78, 5) is 33.1. The van der Waals surface area contributed by atoms with Crippen LogP contribution in [-0.2, 0) is 4.74 Å². The lowest BCUT2D eigenvalue weighted by Gasteiger charge is -2.42. The molecule has 0 aliphatic carbocycles. The topological polar surface area (TPSA) is 83.9 Å². The predicted molar refractivity (Wildman–Crippen MR) is 181 cm³/mol. The highest BCUT2D eigenvalue weighted by atomic mass is 35.5. The molecular formula is C36H38ClF3N6O3. The Bertz CT molecular complexity index is 1960. The molecule has 4 aromatic rings. The summed E-state index contributed by atoms with van der Waals surface area (Å²) in [6, 6.07) is 7.76. The van der Waals surface area contributed by atoms with E-state index in [9.17, 15) is 13.6 Å². The number of pyridine rings is 1. The Labute approximate surface area is 287 Å². The smallest absolute Gasteiger partial charge is 0.410 e. The number of rotatable bonds is 5. The Balaban J connectivity index is 1.21. The molecule has 2 aromatic heterocycles. The van der Waals surface area contributed by atoms with Crippen LogP contribution in [0.2, 0.25) is 5.02 Å². The number of hydrogen-bond donors (Lipinski definition) is 0. The number of aromatic nitrogens is 3. The van der Waals surface area contributed by atoms with Crippen molar-refractivity contribution in [3.63, 3.8) is 0 Å². The van der Waals surface area contributed by atoms with Gasteiger partial charge >= 0.3 is 12.1 Å². The zero-order valence-electron chi connectivity index (χ0n) is 27.7. The van der Waals surface area contributed by atoms with Gasteiger partial charge in [-0.25, -0.2) is 18.0 Å². The highest BCUT2D eigenvalue weighted by Crippen LogP contribution is 2.42. The van der Waals surface area contributed by atoms with Gasteiger partial charge in [0.2, 0.25) is 0 Å². The Kier molecular flexibility index (Phi) is 7.82. The first-order chi connectivity index (χ1) is 23.4. The molecule has 4 fully saturated rings. The van der Waals surface area contributed by atoms with Gasteiger partial charge in [-0.15, -0.1) is 0 Å². The maximum atomic E-state index is 16.8. The molecule has 2 aromatic carbocycles. The van der Waals surface area contributed by atoms with Crippen LogP contribution >= 0.6 is 11.6 Å². The van der Waals surface area contributed by atoms with E-state index in [4.69, 9.17) is 26.1 Å². The van der Waals surface area contributed by atoms with Crippen LogP contribution in [0.5, 0.6) is 6.01 Å². The summed E-state index contributed by atoms with van der Waals surface area (Å²) >= 11 is 6.42. The van der Waals surface area contributed by atoms with Crippen LogP contribution in [0.25, 0.3) is 32.9 Å². The van der Waals surface area contributed by atoms with E-state index in [-0.39, 0.29) is 47.0 Å². The number of carbonyl (C=O) groups excluding carboxylic acids is 1. The van der Waals surface area contributed by atoms with E-state index < -0.39 is 28.9 Å². The lowest BCUT2D eigenvalue weighted by atomic mass is 9.95. The van der Waals surface area contributed by atoms with Gasteiger partial charge in [0.15, 0.2) is 5.82 Å². The number of nitrogens with zero attached hydrogens (tertiary/aromatic N) is 6. The molecule has 4 atom stereocenters. The van der Waals surface area contributed by atoms with Crippen LogP contribution in [0.15, 0.2) is 36.5 Å². The molecule has 0 spiro atoms. The third kappa shape index (κ3) is 5.60. The third-order valence-electron chi connectivity index (χ3n) is 10.5. The Morgan fingerprint density at radius 2 is 1.86 bits per heavy atom. The van der Waals surface area contributed by atoms with Gasteiger partial charge in [0.05, 0.1) is 28.0 Å². The largest absolute Gasteiger partial charge is 0.461 e. The minimum atomic E-state index is -0.933. The first-order valence-corrected chi connectivity index (χ1v) is 17.3. The number of piperazine rings is 1. The van der Waals surface area contributed by atoms with Crippen LogP contribution in [0, 0.1) is 11.6 Å². The van der Waals surface area contributed by atoms with Gasteiger partial charge in [0.1, 0.15) is 41.2 Å². The number of amides is 1. The Morgan fingerprint density at radius 3 is 2.61 bits per heavy atom. The number of anilines is 1. The first kappa shape index (κ1) is 32.3. The van der Waals surface area contributed by atoms with Gasteiger partial charge in [-0.05, 0) is 64.5 Å². The van der Waals surface area contributed by atoms with Gasteiger partial charge in [0.25, 0.3) is 0 Å². The standard InChI is InChI=1S/C36H38ClF3N6O3/c1-35(2,3)49-34(47)46-22-9-10-23(46)18-44(17-22)32-25-15-41-30(24-7-4-6-20-8-11-26(39)28(37)27(20)24)29(40)31(25)42-33(43-32)48-19-36-12-5-13-45(36)16-21(38)14-36/h4,6-8,11,15,21-23H,5,9-10,12-14,16-19H2,1-3H3/t21?,22-,23+,36?. The number of ether oxygens (including phenoxy) is 2. The van der Waals surface area contributed by atoms with E-state index in [0.29, 0.717) is 53.6 Å². The number of halogens is 4. The number of alkyl halides is 1. The second-order valence-corrected chi connectivity index (χ2v) is 15.2. The average molecular weight is 695 g/mol. The number of carbonyl (C=O) groups is 1. The van der Waals surface area contributed by atoms with Crippen molar-refractivity contribution in [2.24, 2.45) is 0 Å². The molecule has 258 valence electrons. The zero-order chi connectivity index (χ0) is 34.2. The Morgan fingerprint density at radius 1 is 1.08 bits per heavy atom. The summed E-state index contributed by atoms with van der Waals surface area (Å²) in [5, 5.41) is 1.24. The van der Waals surface area contributed by atoms with Gasteiger partial charge in [0, 0.05) is 43.2 Å². The fraction of sp³-hybridized carbons (Fsp3) is 0.500. The molecule has 6 heterocycles. The van der Waals surface area contributed by atoms with Crippen molar-refractivity contribution in [1.82, 2.24) is 24.8 Å². The summed E-state index contributed by atoms with van der Waals surface area (Å²) in [5.74, 6) is -0.901. The molecule has 0 radical (unpaired) electrons. The normalized spacial score (nSPS) is 25.4. The molecule has 0 N–H and O–H groups in total. The van der Waals surface area contributed by atoms with E-state index >= 15 is 4.39 Å². The van der Waals surface area contributed by atoms with Crippen LogP contribution in [0.3, 0.4) is 0 Å². The van der Waals surface area contributed by atoms with E-state index in [1.54, 1.807) is 24.3 Å². The van der Waals surface area contributed by atoms with E-state index in [2.05, 4.69) is 14.9 Å². The summed E-state index contributed by atoms with van der Waals surface area (Å²) in [7, 11) is 0. The minimum Gasteiger partial charge on any atom is -0.461 e. The quantitative estimate of drug-likeness (QED) is 0.215. The predicted octanol–water partition coefficient (Wildman–Crippen LogP) is 7.32. The molecule has 8 rings (SSSR count). The minimum absolute atomic E-state index is 0.00739. The number of hydrogen-bond acceptors (Lipinski definition) is 8. The second kappa shape index (κ2) is 11.9. The lowest BCUT2D eigenvalue weighted by molar-refractivity contribution is 0.0122. The number of benzene rings is 2. The summed E-state index contributed by atoms with van der Waals surface area (Å²) in [5.41, 5.74) is -0.797. The second-order valence-electron chi connectivity index (χ2n) is 14.8. The molecule has 49 heavy (non-hydrogen) atoms. The zero-order valence-corrected chi connectivity index (χ0v) is 28.4.